The molecule has 4 nitrogen and oxygen atoms in total. The van der Waals surface area contributed by atoms with Crippen LogP contribution in [0.25, 0.3) is 0 Å². The summed E-state index contributed by atoms with van der Waals surface area (Å²) in [5, 5.41) is 0.170. The van der Waals surface area contributed by atoms with E-state index in [9.17, 15) is 8.42 Å². The maximum absolute atomic E-state index is 12.4. The molecule has 0 saturated carbocycles. The third-order valence-electron chi connectivity index (χ3n) is 2.73. The van der Waals surface area contributed by atoms with Crippen molar-refractivity contribution in [2.45, 2.75) is 24.7 Å². The van der Waals surface area contributed by atoms with Crippen molar-refractivity contribution in [1.82, 2.24) is 4.31 Å². The van der Waals surface area contributed by atoms with E-state index in [2.05, 4.69) is 0 Å². The van der Waals surface area contributed by atoms with Gasteiger partial charge in [0, 0.05) is 19.2 Å². The number of hydrogen-bond donors (Lipinski definition) is 1. The highest BCUT2D eigenvalue weighted by atomic mass is 35.5. The lowest BCUT2D eigenvalue weighted by molar-refractivity contribution is 0.459. The minimum Gasteiger partial charge on any atom is -0.389 e. The number of nitrogens with zero attached hydrogens (tertiary/aromatic N) is 1. The van der Waals surface area contributed by atoms with Crippen LogP contribution in [-0.2, 0) is 10.0 Å². The third-order valence-corrected chi connectivity index (χ3v) is 5.30. The van der Waals surface area contributed by atoms with Crippen LogP contribution in [0.1, 0.15) is 25.3 Å². The van der Waals surface area contributed by atoms with Gasteiger partial charge in [0.1, 0.15) is 9.88 Å². The normalized spacial score (nSPS) is 11.8. The molecule has 0 saturated heterocycles. The second kappa shape index (κ2) is 6.65. The summed E-state index contributed by atoms with van der Waals surface area (Å²) in [5.74, 6) is 0. The van der Waals surface area contributed by atoms with Crippen LogP contribution < -0.4 is 5.73 Å². The van der Waals surface area contributed by atoms with Crippen LogP contribution in [0, 0.1) is 0 Å². The smallest absolute Gasteiger partial charge is 0.244 e. The lowest BCUT2D eigenvalue weighted by Gasteiger charge is -2.18. The molecule has 0 heterocycles. The molecule has 0 amide bonds. The summed E-state index contributed by atoms with van der Waals surface area (Å²) in [7, 11) is -2.08. The standard InChI is InChI=1S/C12H17ClN2O2S2/c1-3-4-7-15(2)19(16,17)11-8-9(12(14)18)5-6-10(11)13/h5-6,8H,3-4,7H2,1-2H3,(H2,14,18). The zero-order valence-corrected chi connectivity index (χ0v) is 13.3. The maximum Gasteiger partial charge on any atom is 0.244 e. The Bertz CT molecular complexity index is 573. The predicted octanol–water partition coefficient (Wildman–Crippen LogP) is 2.39. The Morgan fingerprint density at radius 2 is 2.11 bits per heavy atom. The van der Waals surface area contributed by atoms with Gasteiger partial charge >= 0.3 is 0 Å². The van der Waals surface area contributed by atoms with Gasteiger partial charge in [0.25, 0.3) is 0 Å². The summed E-state index contributed by atoms with van der Waals surface area (Å²) in [6.45, 7) is 2.45. The Balaban J connectivity index is 3.20. The molecule has 0 unspecified atom stereocenters. The minimum atomic E-state index is -3.61. The molecule has 7 heteroatoms. The number of halogens is 1. The molecule has 0 aliphatic carbocycles. The van der Waals surface area contributed by atoms with Gasteiger partial charge in [-0.25, -0.2) is 12.7 Å². The molecule has 106 valence electrons. The molecule has 0 atom stereocenters. The number of hydrogen-bond acceptors (Lipinski definition) is 3. The number of rotatable bonds is 6. The SMILES string of the molecule is CCCCN(C)S(=O)(=O)c1cc(C(N)=S)ccc1Cl. The molecule has 0 aromatic heterocycles. The van der Waals surface area contributed by atoms with Gasteiger partial charge < -0.3 is 5.73 Å². The van der Waals surface area contributed by atoms with Gasteiger partial charge in [-0.3, -0.25) is 0 Å². The first-order valence-corrected chi connectivity index (χ1v) is 8.09. The van der Waals surface area contributed by atoms with Crippen molar-refractivity contribution in [3.05, 3.63) is 28.8 Å². The van der Waals surface area contributed by atoms with Crippen molar-refractivity contribution in [1.29, 1.82) is 0 Å². The Morgan fingerprint density at radius 3 is 2.63 bits per heavy atom. The van der Waals surface area contributed by atoms with Crippen LogP contribution in [0.15, 0.2) is 23.1 Å². The van der Waals surface area contributed by atoms with E-state index in [1.54, 1.807) is 6.07 Å². The third kappa shape index (κ3) is 3.89. The number of benzene rings is 1. The fraction of sp³-hybridized carbons (Fsp3) is 0.417. The average molecular weight is 321 g/mol. The minimum absolute atomic E-state index is 0.0399. The molecule has 2 N–H and O–H groups in total. The van der Waals surface area contributed by atoms with Gasteiger partial charge in [0.15, 0.2) is 0 Å². The Hall–Kier alpha value is -0.690. The Kier molecular flexibility index (Phi) is 5.73. The molecule has 1 aromatic rings. The number of thiocarbonyl (C=S) groups is 1. The molecule has 0 aliphatic heterocycles. The number of unbranched alkanes of at least 4 members (excludes halogenated alkanes) is 1. The molecule has 1 aromatic carbocycles. The highest BCUT2D eigenvalue weighted by molar-refractivity contribution is 7.89. The molecule has 0 radical (unpaired) electrons. The van der Waals surface area contributed by atoms with Crippen molar-refractivity contribution < 1.29 is 8.42 Å². The zero-order chi connectivity index (χ0) is 14.6. The van der Waals surface area contributed by atoms with Crippen LogP contribution in [0.3, 0.4) is 0 Å². The van der Waals surface area contributed by atoms with E-state index in [0.29, 0.717) is 12.1 Å². The van der Waals surface area contributed by atoms with E-state index < -0.39 is 10.0 Å². The van der Waals surface area contributed by atoms with Crippen LogP contribution in [0.5, 0.6) is 0 Å². The highest BCUT2D eigenvalue weighted by Crippen LogP contribution is 2.25. The molecule has 0 spiro atoms. The first-order valence-electron chi connectivity index (χ1n) is 5.86. The van der Waals surface area contributed by atoms with E-state index in [1.807, 2.05) is 6.92 Å². The highest BCUT2D eigenvalue weighted by Gasteiger charge is 2.23. The van der Waals surface area contributed by atoms with E-state index in [1.165, 1.54) is 23.5 Å². The number of nitrogens with two attached hydrogens (primary N) is 1. The van der Waals surface area contributed by atoms with E-state index in [-0.39, 0.29) is 14.9 Å². The Labute approximate surface area is 124 Å². The van der Waals surface area contributed by atoms with E-state index >= 15 is 0 Å². The number of sulfonamides is 1. The lowest BCUT2D eigenvalue weighted by Crippen LogP contribution is -2.28. The van der Waals surface area contributed by atoms with Gasteiger partial charge in [-0.1, -0.05) is 43.2 Å². The first-order chi connectivity index (χ1) is 8.80. The lowest BCUT2D eigenvalue weighted by atomic mass is 10.2. The summed E-state index contributed by atoms with van der Waals surface area (Å²) in [6.07, 6.45) is 1.71. The summed E-state index contributed by atoms with van der Waals surface area (Å²) in [5.41, 5.74) is 6.00. The largest absolute Gasteiger partial charge is 0.389 e. The summed E-state index contributed by atoms with van der Waals surface area (Å²) in [6, 6.07) is 4.52. The topological polar surface area (TPSA) is 63.4 Å². The predicted molar refractivity (Wildman–Crippen MR) is 82.1 cm³/mol. The molecule has 0 bridgehead atoms. The monoisotopic (exact) mass is 320 g/mol. The van der Waals surface area contributed by atoms with Crippen molar-refractivity contribution >= 4 is 38.8 Å². The molecule has 0 aliphatic rings. The summed E-state index contributed by atoms with van der Waals surface area (Å²) < 4.78 is 26.1. The molecule has 1 rings (SSSR count). The van der Waals surface area contributed by atoms with Gasteiger partial charge in [0.2, 0.25) is 10.0 Å². The maximum atomic E-state index is 12.4. The molecule has 19 heavy (non-hydrogen) atoms. The second-order valence-electron chi connectivity index (χ2n) is 4.19. The van der Waals surface area contributed by atoms with Crippen LogP contribution >= 0.6 is 23.8 Å². The fourth-order valence-corrected chi connectivity index (χ4v) is 3.36. The van der Waals surface area contributed by atoms with Gasteiger partial charge in [-0.05, 0) is 18.6 Å². The molecule has 0 fully saturated rings. The fourth-order valence-electron chi connectivity index (χ4n) is 1.52. The average Bonchev–Trinajstić information content (AvgIpc) is 2.35. The zero-order valence-electron chi connectivity index (χ0n) is 10.9. The Morgan fingerprint density at radius 1 is 1.47 bits per heavy atom. The second-order valence-corrected chi connectivity index (χ2v) is 7.05. The van der Waals surface area contributed by atoms with Crippen molar-refractivity contribution in [2.75, 3.05) is 13.6 Å². The first kappa shape index (κ1) is 16.4. The van der Waals surface area contributed by atoms with Crippen LogP contribution in [0.2, 0.25) is 5.02 Å². The van der Waals surface area contributed by atoms with Crippen LogP contribution in [-0.4, -0.2) is 31.3 Å². The van der Waals surface area contributed by atoms with Gasteiger partial charge in [-0.15, -0.1) is 0 Å². The summed E-state index contributed by atoms with van der Waals surface area (Å²) in [4.78, 5) is 0.183. The molecular formula is C12H17ClN2O2S2. The molecular weight excluding hydrogens is 304 g/mol. The van der Waals surface area contributed by atoms with Gasteiger partial charge in [0.05, 0.1) is 5.02 Å². The van der Waals surface area contributed by atoms with Gasteiger partial charge in [-0.2, -0.15) is 0 Å². The van der Waals surface area contributed by atoms with E-state index in [0.717, 1.165) is 12.8 Å². The van der Waals surface area contributed by atoms with Crippen molar-refractivity contribution in [3.63, 3.8) is 0 Å². The summed E-state index contributed by atoms with van der Waals surface area (Å²) >= 11 is 10.8. The van der Waals surface area contributed by atoms with Crippen LogP contribution in [0.4, 0.5) is 0 Å². The van der Waals surface area contributed by atoms with Crippen molar-refractivity contribution in [2.24, 2.45) is 5.73 Å². The van der Waals surface area contributed by atoms with Crippen molar-refractivity contribution in [3.8, 4) is 0 Å². The van der Waals surface area contributed by atoms with E-state index in [4.69, 9.17) is 29.6 Å². The quantitative estimate of drug-likeness (QED) is 0.817.